The minimum Gasteiger partial charge on any atom is -0.303 e. The molecule has 0 saturated carbocycles. The van der Waals surface area contributed by atoms with E-state index in [2.05, 4.69) is 10.3 Å². The molecule has 1 N–H and O–H groups in total. The maximum absolute atomic E-state index is 12.8. The van der Waals surface area contributed by atoms with E-state index in [0.29, 0.717) is 5.56 Å². The molecule has 2 atom stereocenters. The number of pyridine rings is 1. The molecule has 2 aromatic rings. The predicted molar refractivity (Wildman–Crippen MR) is 75.6 cm³/mol. The first-order valence-corrected chi connectivity index (χ1v) is 6.73. The van der Waals surface area contributed by atoms with Crippen molar-refractivity contribution in [2.75, 3.05) is 0 Å². The average Bonchev–Trinajstić information content (AvgIpc) is 2.47. The van der Waals surface area contributed by atoms with Crippen molar-refractivity contribution in [1.82, 2.24) is 10.3 Å². The van der Waals surface area contributed by atoms with Gasteiger partial charge in [0.2, 0.25) is 0 Å². The van der Waals surface area contributed by atoms with Gasteiger partial charge in [0.25, 0.3) is 0 Å². The van der Waals surface area contributed by atoms with Crippen LogP contribution in [-0.2, 0) is 0 Å². The Morgan fingerprint density at radius 1 is 1.05 bits per heavy atom. The molecule has 2 rings (SSSR count). The predicted octanol–water partition coefficient (Wildman–Crippen LogP) is 4.43. The molecule has 1 aromatic heterocycles. The summed E-state index contributed by atoms with van der Waals surface area (Å²) in [7, 11) is 0. The normalized spacial score (nSPS) is 14.7. The van der Waals surface area contributed by atoms with Gasteiger partial charge in [0, 0.05) is 24.5 Å². The van der Waals surface area contributed by atoms with Gasteiger partial charge in [0.15, 0.2) is 0 Å². The molecule has 1 heterocycles. The molecule has 0 fully saturated rings. The monoisotopic (exact) mass is 294 g/mol. The zero-order valence-electron chi connectivity index (χ0n) is 11.6. The van der Waals surface area contributed by atoms with Crippen molar-refractivity contribution in [2.45, 2.75) is 31.6 Å². The van der Waals surface area contributed by atoms with Crippen LogP contribution in [0.25, 0.3) is 0 Å². The summed E-state index contributed by atoms with van der Waals surface area (Å²) in [6.07, 6.45) is -1.82. The van der Waals surface area contributed by atoms with Crippen LogP contribution in [0.15, 0.2) is 54.9 Å². The van der Waals surface area contributed by atoms with Crippen molar-refractivity contribution < 1.29 is 13.2 Å². The van der Waals surface area contributed by atoms with Crippen LogP contribution in [0, 0.1) is 0 Å². The zero-order chi connectivity index (χ0) is 15.3. The summed E-state index contributed by atoms with van der Waals surface area (Å²) >= 11 is 0. The number of hydrogen-bond acceptors (Lipinski definition) is 2. The number of hydrogen-bond donors (Lipinski definition) is 1. The quantitative estimate of drug-likeness (QED) is 0.882. The molecular weight excluding hydrogens is 277 g/mol. The molecular formula is C16H17F3N2. The van der Waals surface area contributed by atoms with Crippen molar-refractivity contribution >= 4 is 0 Å². The maximum atomic E-state index is 12.8. The van der Waals surface area contributed by atoms with E-state index in [0.717, 1.165) is 5.56 Å². The third kappa shape index (κ3) is 4.86. The van der Waals surface area contributed by atoms with Gasteiger partial charge in [0.1, 0.15) is 0 Å². The lowest BCUT2D eigenvalue weighted by molar-refractivity contribution is -0.140. The number of benzene rings is 1. The maximum Gasteiger partial charge on any atom is 0.390 e. The molecule has 2 nitrogen and oxygen atoms in total. The van der Waals surface area contributed by atoms with E-state index >= 15 is 0 Å². The third-order valence-electron chi connectivity index (χ3n) is 3.27. The molecule has 5 heteroatoms. The molecule has 0 amide bonds. The van der Waals surface area contributed by atoms with Crippen molar-refractivity contribution in [3.63, 3.8) is 0 Å². The largest absolute Gasteiger partial charge is 0.390 e. The molecule has 0 radical (unpaired) electrons. The fourth-order valence-corrected chi connectivity index (χ4v) is 2.22. The molecule has 0 saturated heterocycles. The number of nitrogens with one attached hydrogen (secondary N) is 1. The second kappa shape index (κ2) is 6.72. The van der Waals surface area contributed by atoms with Gasteiger partial charge in [-0.05, 0) is 24.1 Å². The van der Waals surface area contributed by atoms with Gasteiger partial charge in [0.05, 0.1) is 6.42 Å². The molecule has 21 heavy (non-hydrogen) atoms. The van der Waals surface area contributed by atoms with Crippen LogP contribution in [0.4, 0.5) is 13.2 Å². The summed E-state index contributed by atoms with van der Waals surface area (Å²) in [6, 6.07) is 11.3. The SMILES string of the molecule is C[C@H](NC(CC(F)(F)F)c1ccccc1)c1cccnc1. The summed E-state index contributed by atoms with van der Waals surface area (Å²) in [4.78, 5) is 4.00. The van der Waals surface area contributed by atoms with E-state index in [1.165, 1.54) is 0 Å². The van der Waals surface area contributed by atoms with E-state index in [9.17, 15) is 13.2 Å². The first kappa shape index (κ1) is 15.5. The molecule has 1 unspecified atom stereocenters. The second-order valence-electron chi connectivity index (χ2n) is 4.96. The van der Waals surface area contributed by atoms with Crippen LogP contribution in [0.3, 0.4) is 0 Å². The first-order valence-electron chi connectivity index (χ1n) is 6.73. The van der Waals surface area contributed by atoms with E-state index in [1.807, 2.05) is 13.0 Å². The highest BCUT2D eigenvalue weighted by molar-refractivity contribution is 5.21. The standard InChI is InChI=1S/C16H17F3N2/c1-12(14-8-5-9-20-11-14)21-15(10-16(17,18)19)13-6-3-2-4-7-13/h2-9,11-12,15,21H,10H2,1H3/t12-,15?/m0/s1. The van der Waals surface area contributed by atoms with E-state index < -0.39 is 18.6 Å². The van der Waals surface area contributed by atoms with Gasteiger partial charge in [-0.15, -0.1) is 0 Å². The van der Waals surface area contributed by atoms with Crippen LogP contribution < -0.4 is 5.32 Å². The molecule has 112 valence electrons. The van der Waals surface area contributed by atoms with Gasteiger partial charge < -0.3 is 5.32 Å². The number of nitrogens with zero attached hydrogens (tertiary/aromatic N) is 1. The van der Waals surface area contributed by atoms with E-state index in [-0.39, 0.29) is 6.04 Å². The Kier molecular flexibility index (Phi) is 4.96. The van der Waals surface area contributed by atoms with Crippen molar-refractivity contribution in [2.24, 2.45) is 0 Å². The van der Waals surface area contributed by atoms with Crippen LogP contribution in [-0.4, -0.2) is 11.2 Å². The summed E-state index contributed by atoms with van der Waals surface area (Å²) in [5.41, 5.74) is 1.49. The number of halogens is 3. The van der Waals surface area contributed by atoms with Gasteiger partial charge in [-0.25, -0.2) is 0 Å². The highest BCUT2D eigenvalue weighted by atomic mass is 19.4. The number of aromatic nitrogens is 1. The highest BCUT2D eigenvalue weighted by Crippen LogP contribution is 2.31. The minimum absolute atomic E-state index is 0.216. The third-order valence-corrected chi connectivity index (χ3v) is 3.27. The van der Waals surface area contributed by atoms with Crippen molar-refractivity contribution in [1.29, 1.82) is 0 Å². The lowest BCUT2D eigenvalue weighted by Gasteiger charge is -2.25. The van der Waals surface area contributed by atoms with Crippen molar-refractivity contribution in [3.05, 3.63) is 66.0 Å². The second-order valence-corrected chi connectivity index (χ2v) is 4.96. The molecule has 0 bridgehead atoms. The molecule has 1 aromatic carbocycles. The summed E-state index contributed by atoms with van der Waals surface area (Å²) < 4.78 is 38.4. The Hall–Kier alpha value is -1.88. The highest BCUT2D eigenvalue weighted by Gasteiger charge is 2.33. The summed E-state index contributed by atoms with van der Waals surface area (Å²) in [5.74, 6) is 0. The molecule has 0 spiro atoms. The number of alkyl halides is 3. The summed E-state index contributed by atoms with van der Waals surface area (Å²) in [5, 5.41) is 3.05. The summed E-state index contributed by atoms with van der Waals surface area (Å²) in [6.45, 7) is 1.84. The fraction of sp³-hybridized carbons (Fsp3) is 0.312. The van der Waals surface area contributed by atoms with Crippen LogP contribution >= 0.6 is 0 Å². The smallest absolute Gasteiger partial charge is 0.303 e. The van der Waals surface area contributed by atoms with E-state index in [1.54, 1.807) is 48.8 Å². The Labute approximate surface area is 122 Å². The van der Waals surface area contributed by atoms with Gasteiger partial charge in [-0.2, -0.15) is 13.2 Å². The first-order chi connectivity index (χ1) is 9.96. The number of rotatable bonds is 5. The Bertz CT molecular complexity index is 540. The lowest BCUT2D eigenvalue weighted by Crippen LogP contribution is -2.29. The molecule has 0 aliphatic heterocycles. The van der Waals surface area contributed by atoms with Crippen LogP contribution in [0.1, 0.15) is 36.6 Å². The van der Waals surface area contributed by atoms with Crippen molar-refractivity contribution in [3.8, 4) is 0 Å². The average molecular weight is 294 g/mol. The van der Waals surface area contributed by atoms with Crippen LogP contribution in [0.2, 0.25) is 0 Å². The Balaban J connectivity index is 2.16. The minimum atomic E-state index is -4.22. The van der Waals surface area contributed by atoms with Gasteiger partial charge in [-0.3, -0.25) is 4.98 Å². The fourth-order valence-electron chi connectivity index (χ4n) is 2.22. The lowest BCUT2D eigenvalue weighted by atomic mass is 10.0. The van der Waals surface area contributed by atoms with Crippen LogP contribution in [0.5, 0.6) is 0 Å². The van der Waals surface area contributed by atoms with E-state index in [4.69, 9.17) is 0 Å². The van der Waals surface area contributed by atoms with Gasteiger partial charge in [-0.1, -0.05) is 36.4 Å². The topological polar surface area (TPSA) is 24.9 Å². The molecule has 0 aliphatic carbocycles. The molecule has 0 aliphatic rings. The Morgan fingerprint density at radius 3 is 2.29 bits per heavy atom. The van der Waals surface area contributed by atoms with Gasteiger partial charge >= 0.3 is 6.18 Å². The Morgan fingerprint density at radius 2 is 1.71 bits per heavy atom. The zero-order valence-corrected chi connectivity index (χ0v) is 11.6.